The maximum Gasteiger partial charge on any atom is 0.349 e. The van der Waals surface area contributed by atoms with E-state index in [0.717, 1.165) is 49.7 Å². The zero-order chi connectivity index (χ0) is 18.5. The fourth-order valence-electron chi connectivity index (χ4n) is 4.83. The van der Waals surface area contributed by atoms with Crippen LogP contribution in [0.5, 0.6) is 0 Å². The lowest BCUT2D eigenvalue weighted by Crippen LogP contribution is -2.41. The normalized spacial score (nSPS) is 20.0. The van der Waals surface area contributed by atoms with Crippen LogP contribution < -0.4 is 10.5 Å². The second-order valence-electron chi connectivity index (χ2n) is 7.95. The van der Waals surface area contributed by atoms with Crippen molar-refractivity contribution < 1.29 is 14.3 Å². The molecule has 0 saturated carbocycles. The van der Waals surface area contributed by atoms with Crippen molar-refractivity contribution in [1.29, 1.82) is 0 Å². The van der Waals surface area contributed by atoms with Gasteiger partial charge in [-0.1, -0.05) is 0 Å². The van der Waals surface area contributed by atoms with Crippen LogP contribution >= 0.6 is 0 Å². The lowest BCUT2D eigenvalue weighted by molar-refractivity contribution is 0.0543. The van der Waals surface area contributed by atoms with E-state index in [2.05, 4.69) is 11.0 Å². The summed E-state index contributed by atoms with van der Waals surface area (Å²) in [6.07, 6.45) is 4.89. The van der Waals surface area contributed by atoms with Crippen molar-refractivity contribution in [1.82, 2.24) is 4.90 Å². The summed E-state index contributed by atoms with van der Waals surface area (Å²) in [5.74, 6) is -0.287. The monoisotopic (exact) mass is 368 g/mol. The van der Waals surface area contributed by atoms with Crippen molar-refractivity contribution in [2.24, 2.45) is 0 Å². The topological polar surface area (TPSA) is 74.0 Å². The zero-order valence-electron chi connectivity index (χ0n) is 15.4. The third-order valence-corrected chi connectivity index (χ3v) is 6.20. The molecule has 6 nitrogen and oxygen atoms in total. The van der Waals surface area contributed by atoms with Gasteiger partial charge in [0, 0.05) is 42.8 Å². The number of rotatable bonds is 1. The molecule has 3 aliphatic rings. The van der Waals surface area contributed by atoms with Gasteiger partial charge in [-0.05, 0) is 56.2 Å². The Morgan fingerprint density at radius 3 is 2.59 bits per heavy atom. The van der Waals surface area contributed by atoms with Crippen LogP contribution in [0, 0.1) is 0 Å². The van der Waals surface area contributed by atoms with Gasteiger partial charge in [0.15, 0.2) is 0 Å². The second kappa shape index (κ2) is 6.37. The largest absolute Gasteiger partial charge is 0.422 e. The minimum absolute atomic E-state index is 0.106. The van der Waals surface area contributed by atoms with Gasteiger partial charge in [0.2, 0.25) is 0 Å². The number of fused-ring (bicyclic) bond motifs is 2. The number of benzene rings is 1. The van der Waals surface area contributed by atoms with Crippen LogP contribution in [0.15, 0.2) is 21.3 Å². The highest BCUT2D eigenvalue weighted by Gasteiger charge is 2.29. The summed E-state index contributed by atoms with van der Waals surface area (Å²) < 4.78 is 5.72. The molecule has 0 atom stereocenters. The lowest BCUT2D eigenvalue weighted by Gasteiger charge is -2.37. The van der Waals surface area contributed by atoms with Crippen molar-refractivity contribution in [2.45, 2.75) is 44.6 Å². The van der Waals surface area contributed by atoms with Gasteiger partial charge in [0.05, 0.1) is 6.10 Å². The molecule has 0 unspecified atom stereocenters. The van der Waals surface area contributed by atoms with Gasteiger partial charge in [-0.25, -0.2) is 4.79 Å². The first kappa shape index (κ1) is 16.8. The van der Waals surface area contributed by atoms with E-state index in [9.17, 15) is 14.7 Å². The van der Waals surface area contributed by atoms with Crippen molar-refractivity contribution in [3.05, 3.63) is 39.2 Å². The standard InChI is InChI=1S/C21H24N2O4/c24-15-5-9-23(10-6-15)20(25)17-12-14-11-13-3-1-7-22-8-2-4-16(18(13)22)19(14)27-21(17)26/h11-12,15,24H,1-10H2. The maximum atomic E-state index is 12.9. The number of likely N-dealkylation sites (tertiary alicyclic amines) is 1. The van der Waals surface area contributed by atoms with E-state index in [1.807, 2.05) is 0 Å². The number of anilines is 1. The number of piperidine rings is 1. The molecule has 1 fully saturated rings. The molecular formula is C21H24N2O4. The van der Waals surface area contributed by atoms with E-state index in [4.69, 9.17) is 4.42 Å². The van der Waals surface area contributed by atoms with Crippen LogP contribution in [-0.2, 0) is 12.8 Å². The van der Waals surface area contributed by atoms with Gasteiger partial charge in [-0.2, -0.15) is 0 Å². The Kier molecular flexibility index (Phi) is 3.97. The molecule has 1 N–H and O–H groups in total. The number of aliphatic hydroxyl groups is 1. The Balaban J connectivity index is 1.60. The van der Waals surface area contributed by atoms with E-state index >= 15 is 0 Å². The first-order chi connectivity index (χ1) is 13.1. The quantitative estimate of drug-likeness (QED) is 0.780. The molecule has 0 bridgehead atoms. The van der Waals surface area contributed by atoms with E-state index < -0.39 is 5.63 Å². The van der Waals surface area contributed by atoms with Crippen molar-refractivity contribution in [2.75, 3.05) is 31.1 Å². The molecular weight excluding hydrogens is 344 g/mol. The fraction of sp³-hybridized carbons (Fsp3) is 0.524. The van der Waals surface area contributed by atoms with Gasteiger partial charge in [-0.15, -0.1) is 0 Å². The smallest absolute Gasteiger partial charge is 0.349 e. The van der Waals surface area contributed by atoms with E-state index in [1.165, 1.54) is 11.3 Å². The van der Waals surface area contributed by atoms with E-state index in [1.54, 1.807) is 11.0 Å². The molecule has 1 saturated heterocycles. The Bertz CT molecular complexity index is 970. The molecule has 4 heterocycles. The number of nitrogens with zero attached hydrogens (tertiary/aromatic N) is 2. The average molecular weight is 368 g/mol. The summed E-state index contributed by atoms with van der Waals surface area (Å²) in [6, 6.07) is 3.82. The molecule has 3 aliphatic heterocycles. The number of amides is 1. The first-order valence-electron chi connectivity index (χ1n) is 9.97. The molecule has 0 spiro atoms. The second-order valence-corrected chi connectivity index (χ2v) is 7.95. The van der Waals surface area contributed by atoms with Crippen LogP contribution in [0.4, 0.5) is 5.69 Å². The van der Waals surface area contributed by atoms with Crippen LogP contribution in [0.3, 0.4) is 0 Å². The van der Waals surface area contributed by atoms with Gasteiger partial charge in [-0.3, -0.25) is 4.79 Å². The maximum absolute atomic E-state index is 12.9. The highest BCUT2D eigenvalue weighted by atomic mass is 16.4. The van der Waals surface area contributed by atoms with Crippen molar-refractivity contribution in [3.8, 4) is 0 Å². The van der Waals surface area contributed by atoms with Crippen molar-refractivity contribution in [3.63, 3.8) is 0 Å². The predicted octanol–water partition coefficient (Wildman–Crippen LogP) is 2.09. The molecule has 0 radical (unpaired) electrons. The summed E-state index contributed by atoms with van der Waals surface area (Å²) in [5, 5.41) is 10.5. The summed E-state index contributed by atoms with van der Waals surface area (Å²) in [7, 11) is 0. The number of hydrogen-bond donors (Lipinski definition) is 1. The summed E-state index contributed by atoms with van der Waals surface area (Å²) in [4.78, 5) is 29.6. The lowest BCUT2D eigenvalue weighted by atomic mass is 9.90. The minimum atomic E-state index is -0.553. The van der Waals surface area contributed by atoms with Gasteiger partial charge < -0.3 is 19.3 Å². The Hall–Kier alpha value is -2.34. The van der Waals surface area contributed by atoms with Crippen LogP contribution in [0.2, 0.25) is 0 Å². The molecule has 5 rings (SSSR count). The molecule has 1 amide bonds. The molecule has 1 aromatic carbocycles. The van der Waals surface area contributed by atoms with Gasteiger partial charge in [0.1, 0.15) is 11.1 Å². The summed E-state index contributed by atoms with van der Waals surface area (Å²) >= 11 is 0. The Morgan fingerprint density at radius 2 is 1.81 bits per heavy atom. The number of carbonyl (C=O) groups excluding carboxylic acids is 1. The predicted molar refractivity (Wildman–Crippen MR) is 102 cm³/mol. The first-order valence-corrected chi connectivity index (χ1v) is 9.97. The van der Waals surface area contributed by atoms with Crippen molar-refractivity contribution >= 4 is 22.6 Å². The third-order valence-electron chi connectivity index (χ3n) is 6.20. The third kappa shape index (κ3) is 2.74. The number of carbonyl (C=O) groups is 1. The molecule has 6 heteroatoms. The summed E-state index contributed by atoms with van der Waals surface area (Å²) in [6.45, 7) is 3.07. The summed E-state index contributed by atoms with van der Waals surface area (Å²) in [5.41, 5.74) is 3.89. The van der Waals surface area contributed by atoms with Crippen LogP contribution in [0.1, 0.15) is 47.2 Å². The molecule has 0 aliphatic carbocycles. The van der Waals surface area contributed by atoms with E-state index in [0.29, 0.717) is 31.5 Å². The SMILES string of the molecule is O=C(c1cc2cc3c4c(c2oc1=O)CCCN4CCC3)N1CCC(O)CC1. The van der Waals surface area contributed by atoms with Gasteiger partial charge >= 0.3 is 5.63 Å². The number of hydrogen-bond acceptors (Lipinski definition) is 5. The average Bonchev–Trinajstić information content (AvgIpc) is 2.69. The van der Waals surface area contributed by atoms with Crippen LogP contribution in [0.25, 0.3) is 11.0 Å². The number of aryl methyl sites for hydroxylation is 2. The molecule has 2 aromatic rings. The zero-order valence-corrected chi connectivity index (χ0v) is 15.4. The fourth-order valence-corrected chi connectivity index (χ4v) is 4.83. The minimum Gasteiger partial charge on any atom is -0.422 e. The molecule has 1 aromatic heterocycles. The van der Waals surface area contributed by atoms with E-state index in [-0.39, 0.29) is 17.6 Å². The highest BCUT2D eigenvalue weighted by Crippen LogP contribution is 2.39. The molecule has 142 valence electrons. The van der Waals surface area contributed by atoms with Crippen LogP contribution in [-0.4, -0.2) is 48.2 Å². The highest BCUT2D eigenvalue weighted by molar-refractivity contribution is 5.98. The number of aliphatic hydroxyl groups excluding tert-OH is 1. The Labute approximate surface area is 157 Å². The molecule has 27 heavy (non-hydrogen) atoms. The van der Waals surface area contributed by atoms with Gasteiger partial charge in [0.25, 0.3) is 5.91 Å². The Morgan fingerprint density at radius 1 is 1.07 bits per heavy atom.